The lowest BCUT2D eigenvalue weighted by Crippen LogP contribution is -2.43. The van der Waals surface area contributed by atoms with Gasteiger partial charge in [-0.25, -0.2) is 4.79 Å². The number of rotatable bonds is 6. The zero-order valence-corrected chi connectivity index (χ0v) is 12.4. The molecule has 0 spiro atoms. The predicted molar refractivity (Wildman–Crippen MR) is 82.6 cm³/mol. The van der Waals surface area contributed by atoms with Gasteiger partial charge in [0.2, 0.25) is 0 Å². The average molecular weight is 296 g/mol. The SMILES string of the molecule is CCCCn1c(N)c(NC2(CO)CCCC2)c(=O)[nH]c1=O. The van der Waals surface area contributed by atoms with Crippen molar-refractivity contribution in [2.45, 2.75) is 57.5 Å². The third kappa shape index (κ3) is 3.12. The van der Waals surface area contributed by atoms with Crippen LogP contribution in [0.4, 0.5) is 11.5 Å². The molecule has 0 aliphatic heterocycles. The molecule has 0 unspecified atom stereocenters. The van der Waals surface area contributed by atoms with Crippen molar-refractivity contribution in [1.82, 2.24) is 9.55 Å². The number of nitrogens with zero attached hydrogens (tertiary/aromatic N) is 1. The molecule has 5 N–H and O–H groups in total. The largest absolute Gasteiger partial charge is 0.394 e. The van der Waals surface area contributed by atoms with Crippen molar-refractivity contribution in [3.8, 4) is 0 Å². The Morgan fingerprint density at radius 2 is 2.05 bits per heavy atom. The Labute approximate surface area is 123 Å². The summed E-state index contributed by atoms with van der Waals surface area (Å²) < 4.78 is 1.38. The fourth-order valence-electron chi connectivity index (χ4n) is 2.89. The van der Waals surface area contributed by atoms with E-state index < -0.39 is 16.8 Å². The molecule has 1 aliphatic rings. The first-order valence-corrected chi connectivity index (χ1v) is 7.54. The van der Waals surface area contributed by atoms with Gasteiger partial charge in [-0.05, 0) is 19.3 Å². The van der Waals surface area contributed by atoms with E-state index in [2.05, 4.69) is 10.3 Å². The molecule has 0 bridgehead atoms. The third-order valence-corrected chi connectivity index (χ3v) is 4.23. The molecule has 1 saturated carbocycles. The summed E-state index contributed by atoms with van der Waals surface area (Å²) in [5.41, 5.74) is 4.70. The standard InChI is InChI=1S/C14H24N4O3/c1-2-3-8-18-11(15)10(12(20)16-13(18)21)17-14(9-19)6-4-5-7-14/h17,19H,2-9,15H2,1H3,(H,16,20,21). The van der Waals surface area contributed by atoms with Crippen LogP contribution in [0.3, 0.4) is 0 Å². The summed E-state index contributed by atoms with van der Waals surface area (Å²) in [6.45, 7) is 2.43. The number of nitrogens with one attached hydrogen (secondary N) is 2. The van der Waals surface area contributed by atoms with Crippen LogP contribution in [-0.2, 0) is 6.54 Å². The molecular weight excluding hydrogens is 272 g/mol. The number of hydrogen-bond acceptors (Lipinski definition) is 5. The van der Waals surface area contributed by atoms with Crippen LogP contribution in [-0.4, -0.2) is 26.8 Å². The molecule has 21 heavy (non-hydrogen) atoms. The Morgan fingerprint density at radius 3 is 2.62 bits per heavy atom. The third-order valence-electron chi connectivity index (χ3n) is 4.23. The van der Waals surface area contributed by atoms with Crippen LogP contribution in [0.15, 0.2) is 9.59 Å². The molecular formula is C14H24N4O3. The van der Waals surface area contributed by atoms with Crippen molar-refractivity contribution in [2.75, 3.05) is 17.7 Å². The number of aliphatic hydroxyl groups excluding tert-OH is 1. The molecule has 0 atom stereocenters. The molecule has 1 heterocycles. The second-order valence-electron chi connectivity index (χ2n) is 5.80. The number of aromatic amines is 1. The Bertz CT molecular complexity index is 599. The Morgan fingerprint density at radius 1 is 1.38 bits per heavy atom. The van der Waals surface area contributed by atoms with Gasteiger partial charge in [-0.15, -0.1) is 0 Å². The fourth-order valence-corrected chi connectivity index (χ4v) is 2.89. The highest BCUT2D eigenvalue weighted by Gasteiger charge is 2.34. The summed E-state index contributed by atoms with van der Waals surface area (Å²) >= 11 is 0. The van der Waals surface area contributed by atoms with E-state index in [1.807, 2.05) is 6.92 Å². The summed E-state index contributed by atoms with van der Waals surface area (Å²) in [5.74, 6) is 0.150. The Hall–Kier alpha value is -1.76. The predicted octanol–water partition coefficient (Wildman–Crippen LogP) is 0.636. The van der Waals surface area contributed by atoms with Gasteiger partial charge in [0.05, 0.1) is 12.1 Å². The van der Waals surface area contributed by atoms with Crippen LogP contribution in [0.5, 0.6) is 0 Å². The molecule has 0 aromatic carbocycles. The summed E-state index contributed by atoms with van der Waals surface area (Å²) in [4.78, 5) is 26.2. The summed E-state index contributed by atoms with van der Waals surface area (Å²) in [6, 6.07) is 0. The first-order valence-electron chi connectivity index (χ1n) is 7.54. The first kappa shape index (κ1) is 15.6. The zero-order chi connectivity index (χ0) is 15.5. The van der Waals surface area contributed by atoms with Crippen LogP contribution < -0.4 is 22.3 Å². The maximum atomic E-state index is 12.0. The van der Waals surface area contributed by atoms with E-state index in [4.69, 9.17) is 5.73 Å². The molecule has 1 aromatic rings. The highest BCUT2D eigenvalue weighted by Crippen LogP contribution is 2.32. The van der Waals surface area contributed by atoms with Crippen LogP contribution in [0, 0.1) is 0 Å². The van der Waals surface area contributed by atoms with E-state index in [0.29, 0.717) is 6.54 Å². The average Bonchev–Trinajstić information content (AvgIpc) is 2.92. The van der Waals surface area contributed by atoms with E-state index in [1.165, 1.54) is 4.57 Å². The van der Waals surface area contributed by atoms with E-state index in [1.54, 1.807) is 0 Å². The number of anilines is 2. The molecule has 0 amide bonds. The number of nitrogen functional groups attached to an aromatic ring is 1. The fraction of sp³-hybridized carbons (Fsp3) is 0.714. The molecule has 1 fully saturated rings. The van der Waals surface area contributed by atoms with Crippen LogP contribution in [0.25, 0.3) is 0 Å². The minimum absolute atomic E-state index is 0.0556. The smallest absolute Gasteiger partial charge is 0.330 e. The molecule has 1 aliphatic carbocycles. The number of H-pyrrole nitrogens is 1. The van der Waals surface area contributed by atoms with E-state index >= 15 is 0 Å². The van der Waals surface area contributed by atoms with Gasteiger partial charge in [-0.1, -0.05) is 26.2 Å². The lowest BCUT2D eigenvalue weighted by atomic mass is 9.98. The van der Waals surface area contributed by atoms with E-state index in [-0.39, 0.29) is 18.1 Å². The van der Waals surface area contributed by atoms with Gasteiger partial charge in [-0.2, -0.15) is 0 Å². The molecule has 0 radical (unpaired) electrons. The number of aliphatic hydroxyl groups is 1. The summed E-state index contributed by atoms with van der Waals surface area (Å²) in [5, 5.41) is 12.7. The van der Waals surface area contributed by atoms with Crippen molar-refractivity contribution in [2.24, 2.45) is 0 Å². The number of aromatic nitrogens is 2. The zero-order valence-electron chi connectivity index (χ0n) is 12.4. The monoisotopic (exact) mass is 296 g/mol. The van der Waals surface area contributed by atoms with Gasteiger partial charge in [0.15, 0.2) is 0 Å². The maximum absolute atomic E-state index is 12.0. The summed E-state index contributed by atoms with van der Waals surface area (Å²) in [6.07, 6.45) is 5.31. The van der Waals surface area contributed by atoms with Gasteiger partial charge in [0.25, 0.3) is 5.56 Å². The molecule has 1 aromatic heterocycles. The lowest BCUT2D eigenvalue weighted by Gasteiger charge is -2.29. The molecule has 118 valence electrons. The van der Waals surface area contributed by atoms with Crippen LogP contribution >= 0.6 is 0 Å². The number of unbranched alkanes of at least 4 members (excludes halogenated alkanes) is 1. The number of nitrogens with two attached hydrogens (primary N) is 1. The molecule has 0 saturated heterocycles. The van der Waals surface area contributed by atoms with Gasteiger partial charge in [0.1, 0.15) is 11.5 Å². The normalized spacial score (nSPS) is 17.0. The van der Waals surface area contributed by atoms with Crippen molar-refractivity contribution in [1.29, 1.82) is 0 Å². The first-order chi connectivity index (χ1) is 10.0. The minimum atomic E-state index is -0.523. The van der Waals surface area contributed by atoms with Crippen LogP contribution in [0.2, 0.25) is 0 Å². The highest BCUT2D eigenvalue weighted by atomic mass is 16.3. The molecule has 2 rings (SSSR count). The molecule has 7 heteroatoms. The van der Waals surface area contributed by atoms with Crippen molar-refractivity contribution in [3.63, 3.8) is 0 Å². The Kier molecular flexibility index (Phi) is 4.72. The second-order valence-corrected chi connectivity index (χ2v) is 5.80. The summed E-state index contributed by atoms with van der Waals surface area (Å²) in [7, 11) is 0. The van der Waals surface area contributed by atoms with Gasteiger partial charge in [-0.3, -0.25) is 14.3 Å². The second kappa shape index (κ2) is 6.34. The maximum Gasteiger partial charge on any atom is 0.330 e. The van der Waals surface area contributed by atoms with Gasteiger partial charge >= 0.3 is 5.69 Å². The Balaban J connectivity index is 2.39. The van der Waals surface area contributed by atoms with E-state index in [9.17, 15) is 14.7 Å². The van der Waals surface area contributed by atoms with Gasteiger partial charge < -0.3 is 16.2 Å². The lowest BCUT2D eigenvalue weighted by molar-refractivity contribution is 0.214. The molecule has 7 nitrogen and oxygen atoms in total. The highest BCUT2D eigenvalue weighted by molar-refractivity contribution is 5.61. The van der Waals surface area contributed by atoms with Gasteiger partial charge in [0, 0.05) is 6.54 Å². The number of hydrogen-bond donors (Lipinski definition) is 4. The minimum Gasteiger partial charge on any atom is -0.394 e. The van der Waals surface area contributed by atoms with E-state index in [0.717, 1.165) is 38.5 Å². The quantitative estimate of drug-likeness (QED) is 0.615. The van der Waals surface area contributed by atoms with Crippen molar-refractivity contribution in [3.05, 3.63) is 20.8 Å². The van der Waals surface area contributed by atoms with Crippen molar-refractivity contribution >= 4 is 11.5 Å². The topological polar surface area (TPSA) is 113 Å². The van der Waals surface area contributed by atoms with Crippen LogP contribution in [0.1, 0.15) is 45.4 Å². The van der Waals surface area contributed by atoms with Crippen molar-refractivity contribution < 1.29 is 5.11 Å².